The average Bonchev–Trinajstić information content (AvgIpc) is 3.02. The highest BCUT2D eigenvalue weighted by atomic mass is 16.5. The number of hydrogen-bond acceptors (Lipinski definition) is 4. The molecule has 2 aromatic carbocycles. The standard InChI is InChI=1S/C22H22N2O3/c23-11-10-19-8-4-5-9-20(19)13-22(26)27-16-18-12-21(25)24(15-18)14-17-6-2-1-3-7-17/h1-9,18H,10,12-16H2. The van der Waals surface area contributed by atoms with Gasteiger partial charge in [0.2, 0.25) is 5.91 Å². The van der Waals surface area contributed by atoms with E-state index in [1.807, 2.05) is 59.5 Å². The molecule has 138 valence electrons. The third-order valence-corrected chi connectivity index (χ3v) is 4.71. The Morgan fingerprint density at radius 3 is 2.56 bits per heavy atom. The van der Waals surface area contributed by atoms with Gasteiger partial charge in [0.05, 0.1) is 25.5 Å². The van der Waals surface area contributed by atoms with Crippen LogP contribution < -0.4 is 0 Å². The molecule has 1 saturated heterocycles. The highest BCUT2D eigenvalue weighted by Gasteiger charge is 2.30. The molecule has 1 heterocycles. The van der Waals surface area contributed by atoms with Crippen LogP contribution in [0, 0.1) is 17.2 Å². The van der Waals surface area contributed by atoms with Crippen molar-refractivity contribution in [1.82, 2.24) is 4.90 Å². The number of carbonyl (C=O) groups excluding carboxylic acids is 2. The van der Waals surface area contributed by atoms with Crippen molar-refractivity contribution in [2.75, 3.05) is 13.2 Å². The van der Waals surface area contributed by atoms with E-state index in [4.69, 9.17) is 10.00 Å². The van der Waals surface area contributed by atoms with Crippen molar-refractivity contribution in [2.45, 2.75) is 25.8 Å². The molecule has 1 fully saturated rings. The molecule has 3 rings (SSSR count). The lowest BCUT2D eigenvalue weighted by Crippen LogP contribution is -2.25. The summed E-state index contributed by atoms with van der Waals surface area (Å²) < 4.78 is 5.41. The summed E-state index contributed by atoms with van der Waals surface area (Å²) in [5, 5.41) is 8.88. The Bertz CT molecular complexity index is 842. The summed E-state index contributed by atoms with van der Waals surface area (Å²) in [6.07, 6.45) is 0.826. The van der Waals surface area contributed by atoms with Gasteiger partial charge in [0.25, 0.3) is 0 Å². The van der Waals surface area contributed by atoms with E-state index in [9.17, 15) is 9.59 Å². The van der Waals surface area contributed by atoms with Crippen molar-refractivity contribution in [3.8, 4) is 6.07 Å². The van der Waals surface area contributed by atoms with Crippen LogP contribution in [0.2, 0.25) is 0 Å². The predicted molar refractivity (Wildman–Crippen MR) is 100 cm³/mol. The van der Waals surface area contributed by atoms with Gasteiger partial charge < -0.3 is 9.64 Å². The third kappa shape index (κ3) is 5.18. The molecule has 0 saturated carbocycles. The Morgan fingerprint density at radius 1 is 1.11 bits per heavy atom. The Labute approximate surface area is 159 Å². The molecule has 0 aliphatic carbocycles. The molecule has 0 radical (unpaired) electrons. The van der Waals surface area contributed by atoms with E-state index in [-0.39, 0.29) is 37.2 Å². The molecular formula is C22H22N2O3. The minimum atomic E-state index is -0.325. The molecular weight excluding hydrogens is 340 g/mol. The van der Waals surface area contributed by atoms with E-state index in [2.05, 4.69) is 6.07 Å². The Balaban J connectivity index is 1.48. The largest absolute Gasteiger partial charge is 0.465 e. The van der Waals surface area contributed by atoms with Crippen molar-refractivity contribution in [3.63, 3.8) is 0 Å². The van der Waals surface area contributed by atoms with Crippen molar-refractivity contribution >= 4 is 11.9 Å². The van der Waals surface area contributed by atoms with Crippen LogP contribution in [-0.4, -0.2) is 29.9 Å². The van der Waals surface area contributed by atoms with Gasteiger partial charge in [0.1, 0.15) is 0 Å². The van der Waals surface area contributed by atoms with Gasteiger partial charge in [-0.15, -0.1) is 0 Å². The van der Waals surface area contributed by atoms with Gasteiger partial charge in [0.15, 0.2) is 0 Å². The lowest BCUT2D eigenvalue weighted by Gasteiger charge is -2.17. The van der Waals surface area contributed by atoms with Crippen LogP contribution in [-0.2, 0) is 33.7 Å². The monoisotopic (exact) mass is 362 g/mol. The summed E-state index contributed by atoms with van der Waals surface area (Å²) in [4.78, 5) is 26.2. The minimum Gasteiger partial charge on any atom is -0.465 e. The first-order valence-corrected chi connectivity index (χ1v) is 9.06. The van der Waals surface area contributed by atoms with E-state index < -0.39 is 0 Å². The molecule has 0 bridgehead atoms. The number of carbonyl (C=O) groups is 2. The Morgan fingerprint density at radius 2 is 1.81 bits per heavy atom. The van der Waals surface area contributed by atoms with Gasteiger partial charge >= 0.3 is 5.97 Å². The molecule has 1 aliphatic rings. The number of rotatable bonds is 7. The van der Waals surface area contributed by atoms with E-state index >= 15 is 0 Å². The number of nitriles is 1. The van der Waals surface area contributed by atoms with Gasteiger partial charge in [-0.2, -0.15) is 5.26 Å². The molecule has 1 atom stereocenters. The van der Waals surface area contributed by atoms with E-state index in [1.165, 1.54) is 0 Å². The first-order chi connectivity index (χ1) is 13.2. The summed E-state index contributed by atoms with van der Waals surface area (Å²) in [7, 11) is 0. The quantitative estimate of drug-likeness (QED) is 0.710. The normalized spacial score (nSPS) is 16.2. The number of nitrogens with zero attached hydrogens (tertiary/aromatic N) is 2. The average molecular weight is 362 g/mol. The summed E-state index contributed by atoms with van der Waals surface area (Å²) in [5.41, 5.74) is 2.76. The summed E-state index contributed by atoms with van der Waals surface area (Å²) >= 11 is 0. The fourth-order valence-corrected chi connectivity index (χ4v) is 3.33. The first kappa shape index (κ1) is 18.7. The van der Waals surface area contributed by atoms with Gasteiger partial charge in [-0.1, -0.05) is 54.6 Å². The lowest BCUT2D eigenvalue weighted by atomic mass is 10.0. The number of amides is 1. The van der Waals surface area contributed by atoms with Crippen LogP contribution in [0.15, 0.2) is 54.6 Å². The van der Waals surface area contributed by atoms with Crippen LogP contribution in [0.5, 0.6) is 0 Å². The summed E-state index contributed by atoms with van der Waals surface area (Å²) in [6, 6.07) is 19.4. The number of hydrogen-bond donors (Lipinski definition) is 0. The van der Waals surface area contributed by atoms with Crippen LogP contribution in [0.1, 0.15) is 23.1 Å². The molecule has 1 aliphatic heterocycles. The van der Waals surface area contributed by atoms with Crippen LogP contribution >= 0.6 is 0 Å². The van der Waals surface area contributed by atoms with Crippen LogP contribution in [0.4, 0.5) is 0 Å². The second-order valence-electron chi connectivity index (χ2n) is 6.79. The Hall–Kier alpha value is -3.13. The highest BCUT2D eigenvalue weighted by Crippen LogP contribution is 2.21. The van der Waals surface area contributed by atoms with Crippen molar-refractivity contribution < 1.29 is 14.3 Å². The van der Waals surface area contributed by atoms with Crippen LogP contribution in [0.3, 0.4) is 0 Å². The zero-order valence-electron chi connectivity index (χ0n) is 15.1. The molecule has 0 aromatic heterocycles. The topological polar surface area (TPSA) is 70.4 Å². The molecule has 27 heavy (non-hydrogen) atoms. The van der Waals surface area contributed by atoms with Crippen molar-refractivity contribution in [1.29, 1.82) is 5.26 Å². The molecule has 5 heteroatoms. The van der Waals surface area contributed by atoms with Gasteiger partial charge in [-0.05, 0) is 16.7 Å². The fraction of sp³-hybridized carbons (Fsp3) is 0.318. The van der Waals surface area contributed by atoms with Crippen molar-refractivity contribution in [3.05, 3.63) is 71.3 Å². The molecule has 2 aromatic rings. The molecule has 1 unspecified atom stereocenters. The fourth-order valence-electron chi connectivity index (χ4n) is 3.33. The predicted octanol–water partition coefficient (Wildman–Crippen LogP) is 2.89. The maximum atomic E-state index is 12.2. The van der Waals surface area contributed by atoms with Crippen LogP contribution in [0.25, 0.3) is 0 Å². The first-order valence-electron chi connectivity index (χ1n) is 9.06. The van der Waals surface area contributed by atoms with Gasteiger partial charge in [-0.25, -0.2) is 0 Å². The SMILES string of the molecule is N#CCc1ccccc1CC(=O)OCC1CC(=O)N(Cc2ccccc2)C1. The summed E-state index contributed by atoms with van der Waals surface area (Å²) in [5.74, 6) is -0.201. The van der Waals surface area contributed by atoms with Gasteiger partial charge in [-0.3, -0.25) is 9.59 Å². The van der Waals surface area contributed by atoms with E-state index in [0.29, 0.717) is 19.5 Å². The second-order valence-corrected chi connectivity index (χ2v) is 6.79. The minimum absolute atomic E-state index is 0.0273. The molecule has 1 amide bonds. The summed E-state index contributed by atoms with van der Waals surface area (Å²) in [6.45, 7) is 1.44. The molecule has 0 N–H and O–H groups in total. The highest BCUT2D eigenvalue weighted by molar-refractivity contribution is 5.79. The number of benzene rings is 2. The second kappa shape index (κ2) is 9.00. The van der Waals surface area contributed by atoms with E-state index in [0.717, 1.165) is 16.7 Å². The van der Waals surface area contributed by atoms with Gasteiger partial charge in [0, 0.05) is 25.4 Å². The maximum Gasteiger partial charge on any atom is 0.310 e. The zero-order chi connectivity index (χ0) is 19.1. The number of ether oxygens (including phenoxy) is 1. The molecule has 5 nitrogen and oxygen atoms in total. The van der Waals surface area contributed by atoms with Crippen molar-refractivity contribution in [2.24, 2.45) is 5.92 Å². The maximum absolute atomic E-state index is 12.2. The molecule has 0 spiro atoms. The third-order valence-electron chi connectivity index (χ3n) is 4.71. The Kier molecular flexibility index (Phi) is 6.22. The number of esters is 1. The smallest absolute Gasteiger partial charge is 0.310 e. The number of likely N-dealkylation sites (tertiary alicyclic amines) is 1. The zero-order valence-corrected chi connectivity index (χ0v) is 15.1. The lowest BCUT2D eigenvalue weighted by molar-refractivity contribution is -0.144. The van der Waals surface area contributed by atoms with E-state index in [1.54, 1.807) is 0 Å².